The van der Waals surface area contributed by atoms with Gasteiger partial charge in [-0.3, -0.25) is 14.4 Å². The van der Waals surface area contributed by atoms with Crippen LogP contribution in [-0.2, 0) is 4.79 Å². The summed E-state index contributed by atoms with van der Waals surface area (Å²) >= 11 is 5.84. The first kappa shape index (κ1) is 20.9. The van der Waals surface area contributed by atoms with Crippen molar-refractivity contribution in [1.29, 1.82) is 0 Å². The number of anilines is 1. The second-order valence-electron chi connectivity index (χ2n) is 7.02. The highest BCUT2D eigenvalue weighted by molar-refractivity contribution is 6.30. The van der Waals surface area contributed by atoms with Crippen molar-refractivity contribution in [3.05, 3.63) is 64.7 Å². The van der Waals surface area contributed by atoms with E-state index >= 15 is 0 Å². The van der Waals surface area contributed by atoms with E-state index in [4.69, 9.17) is 11.6 Å². The molecule has 152 valence electrons. The Morgan fingerprint density at radius 3 is 2.34 bits per heavy atom. The van der Waals surface area contributed by atoms with Crippen molar-refractivity contribution in [2.24, 2.45) is 5.92 Å². The Hall–Kier alpha value is -2.86. The first-order chi connectivity index (χ1) is 14.0. The van der Waals surface area contributed by atoms with Crippen LogP contribution in [0.4, 0.5) is 5.69 Å². The van der Waals surface area contributed by atoms with Crippen molar-refractivity contribution in [2.75, 3.05) is 25.0 Å². The zero-order chi connectivity index (χ0) is 20.8. The molecule has 0 radical (unpaired) electrons. The average molecular weight is 414 g/mol. The Morgan fingerprint density at radius 2 is 1.69 bits per heavy atom. The van der Waals surface area contributed by atoms with Crippen LogP contribution in [0.2, 0.25) is 5.02 Å². The number of nitrogens with one attached hydrogen (secondary N) is 2. The topological polar surface area (TPSA) is 78.5 Å². The predicted molar refractivity (Wildman–Crippen MR) is 113 cm³/mol. The minimum atomic E-state index is -0.249. The van der Waals surface area contributed by atoms with Gasteiger partial charge in [0, 0.05) is 41.5 Å². The van der Waals surface area contributed by atoms with Crippen molar-refractivity contribution in [1.82, 2.24) is 10.2 Å². The van der Waals surface area contributed by atoms with Gasteiger partial charge in [0.25, 0.3) is 11.8 Å². The van der Waals surface area contributed by atoms with Gasteiger partial charge in [-0.25, -0.2) is 0 Å². The third kappa shape index (κ3) is 5.35. The number of carbonyl (C=O) groups is 3. The van der Waals surface area contributed by atoms with Gasteiger partial charge in [0.2, 0.25) is 5.91 Å². The molecule has 0 aliphatic carbocycles. The fraction of sp³-hybridized carbons (Fsp3) is 0.318. The van der Waals surface area contributed by atoms with E-state index in [1.165, 1.54) is 0 Å². The highest BCUT2D eigenvalue weighted by atomic mass is 35.5. The van der Waals surface area contributed by atoms with Gasteiger partial charge in [0.15, 0.2) is 0 Å². The van der Waals surface area contributed by atoms with E-state index in [0.29, 0.717) is 41.5 Å². The molecule has 0 spiro atoms. The minimum absolute atomic E-state index is 0.00487. The van der Waals surface area contributed by atoms with Crippen LogP contribution in [0.3, 0.4) is 0 Å². The molecule has 1 atom stereocenters. The van der Waals surface area contributed by atoms with E-state index in [-0.39, 0.29) is 23.6 Å². The van der Waals surface area contributed by atoms with Gasteiger partial charge in [0.05, 0.1) is 5.92 Å². The molecular formula is C22H24ClN3O3. The Bertz CT molecular complexity index is 881. The van der Waals surface area contributed by atoms with E-state index in [1.54, 1.807) is 53.4 Å². The van der Waals surface area contributed by atoms with Crippen molar-refractivity contribution in [3.63, 3.8) is 0 Å². The largest absolute Gasteiger partial charge is 0.356 e. The van der Waals surface area contributed by atoms with Crippen molar-refractivity contribution < 1.29 is 14.4 Å². The van der Waals surface area contributed by atoms with Crippen LogP contribution in [0.5, 0.6) is 0 Å². The summed E-state index contributed by atoms with van der Waals surface area (Å²) in [4.78, 5) is 38.9. The number of rotatable bonds is 5. The van der Waals surface area contributed by atoms with Crippen molar-refractivity contribution >= 4 is 35.0 Å². The van der Waals surface area contributed by atoms with E-state index in [9.17, 15) is 14.4 Å². The standard InChI is InChI=1S/C22H24ClN3O3/c1-2-24-20(27)17-4-3-13-26(14-17)22(29)16-7-11-19(12-8-16)25-21(28)15-5-9-18(23)10-6-15/h5-12,17H,2-4,13-14H2,1H3,(H,24,27)(H,25,28). The molecule has 2 N–H and O–H groups in total. The molecule has 0 aromatic heterocycles. The SMILES string of the molecule is CCNC(=O)C1CCCN(C(=O)c2ccc(NC(=O)c3ccc(Cl)cc3)cc2)C1. The highest BCUT2D eigenvalue weighted by Gasteiger charge is 2.28. The van der Waals surface area contributed by atoms with Crippen LogP contribution in [0, 0.1) is 5.92 Å². The molecule has 3 rings (SSSR count). The number of likely N-dealkylation sites (tertiary alicyclic amines) is 1. The quantitative estimate of drug-likeness (QED) is 0.786. The van der Waals surface area contributed by atoms with Gasteiger partial charge in [-0.2, -0.15) is 0 Å². The lowest BCUT2D eigenvalue weighted by Crippen LogP contribution is -2.45. The summed E-state index contributed by atoms with van der Waals surface area (Å²) < 4.78 is 0. The molecule has 0 saturated carbocycles. The second-order valence-corrected chi connectivity index (χ2v) is 7.46. The first-order valence-electron chi connectivity index (χ1n) is 9.72. The number of piperidine rings is 1. The van der Waals surface area contributed by atoms with Crippen LogP contribution in [0.25, 0.3) is 0 Å². The number of nitrogens with zero attached hydrogens (tertiary/aromatic N) is 1. The highest BCUT2D eigenvalue weighted by Crippen LogP contribution is 2.20. The van der Waals surface area contributed by atoms with Crippen LogP contribution in [-0.4, -0.2) is 42.3 Å². The summed E-state index contributed by atoms with van der Waals surface area (Å²) in [6.45, 7) is 3.55. The zero-order valence-corrected chi connectivity index (χ0v) is 17.0. The minimum Gasteiger partial charge on any atom is -0.356 e. The lowest BCUT2D eigenvalue weighted by atomic mass is 9.96. The van der Waals surface area contributed by atoms with E-state index in [1.807, 2.05) is 6.92 Å². The Kier molecular flexibility index (Phi) is 6.88. The lowest BCUT2D eigenvalue weighted by Gasteiger charge is -2.32. The van der Waals surface area contributed by atoms with Crippen LogP contribution in [0.1, 0.15) is 40.5 Å². The molecule has 1 aliphatic rings. The van der Waals surface area contributed by atoms with Crippen LogP contribution >= 0.6 is 11.6 Å². The van der Waals surface area contributed by atoms with Crippen LogP contribution in [0.15, 0.2) is 48.5 Å². The lowest BCUT2D eigenvalue weighted by molar-refractivity contribution is -0.126. The molecule has 29 heavy (non-hydrogen) atoms. The normalized spacial score (nSPS) is 16.2. The van der Waals surface area contributed by atoms with Crippen molar-refractivity contribution in [2.45, 2.75) is 19.8 Å². The Labute approximate surface area is 175 Å². The third-order valence-electron chi connectivity index (χ3n) is 4.93. The van der Waals surface area contributed by atoms with E-state index in [2.05, 4.69) is 10.6 Å². The number of benzene rings is 2. The third-order valence-corrected chi connectivity index (χ3v) is 5.18. The number of carbonyl (C=O) groups excluding carboxylic acids is 3. The van der Waals surface area contributed by atoms with Gasteiger partial charge in [-0.05, 0) is 68.3 Å². The Morgan fingerprint density at radius 1 is 1.03 bits per heavy atom. The number of halogens is 1. The molecule has 2 aromatic rings. The molecule has 1 heterocycles. The molecule has 1 saturated heterocycles. The summed E-state index contributed by atoms with van der Waals surface area (Å²) in [6.07, 6.45) is 1.61. The molecule has 1 unspecified atom stereocenters. The van der Waals surface area contributed by atoms with Gasteiger partial charge in [-0.1, -0.05) is 11.6 Å². The van der Waals surface area contributed by atoms with Gasteiger partial charge >= 0.3 is 0 Å². The first-order valence-corrected chi connectivity index (χ1v) is 10.1. The zero-order valence-electron chi connectivity index (χ0n) is 16.3. The fourth-order valence-corrected chi connectivity index (χ4v) is 3.50. The second kappa shape index (κ2) is 9.56. The van der Waals surface area contributed by atoms with E-state index in [0.717, 1.165) is 12.8 Å². The Balaban J connectivity index is 1.61. The van der Waals surface area contributed by atoms with Gasteiger partial charge in [-0.15, -0.1) is 0 Å². The maximum absolute atomic E-state index is 12.8. The fourth-order valence-electron chi connectivity index (χ4n) is 3.38. The summed E-state index contributed by atoms with van der Waals surface area (Å²) in [6, 6.07) is 13.4. The van der Waals surface area contributed by atoms with E-state index < -0.39 is 0 Å². The molecule has 3 amide bonds. The number of hydrogen-bond acceptors (Lipinski definition) is 3. The van der Waals surface area contributed by atoms with Crippen molar-refractivity contribution in [3.8, 4) is 0 Å². The maximum atomic E-state index is 12.8. The molecular weight excluding hydrogens is 390 g/mol. The molecule has 7 heteroatoms. The monoisotopic (exact) mass is 413 g/mol. The summed E-state index contributed by atoms with van der Waals surface area (Å²) in [5.41, 5.74) is 1.63. The van der Waals surface area contributed by atoms with Crippen LogP contribution < -0.4 is 10.6 Å². The maximum Gasteiger partial charge on any atom is 0.255 e. The summed E-state index contributed by atoms with van der Waals surface area (Å²) in [5, 5.41) is 6.20. The molecule has 0 bridgehead atoms. The molecule has 1 fully saturated rings. The van der Waals surface area contributed by atoms with Gasteiger partial charge in [0.1, 0.15) is 0 Å². The summed E-state index contributed by atoms with van der Waals surface area (Å²) in [7, 11) is 0. The average Bonchev–Trinajstić information content (AvgIpc) is 2.74. The molecule has 2 aromatic carbocycles. The smallest absolute Gasteiger partial charge is 0.255 e. The van der Waals surface area contributed by atoms with Gasteiger partial charge < -0.3 is 15.5 Å². The number of hydrogen-bond donors (Lipinski definition) is 2. The predicted octanol–water partition coefficient (Wildman–Crippen LogP) is 3.58. The number of amides is 3. The molecule has 6 nitrogen and oxygen atoms in total. The molecule has 1 aliphatic heterocycles. The summed E-state index contributed by atoms with van der Waals surface area (Å²) in [5.74, 6) is -0.507.